The summed E-state index contributed by atoms with van der Waals surface area (Å²) in [6.45, 7) is 7.84. The molecule has 0 aliphatic carbocycles. The minimum atomic E-state index is -1.20. The third-order valence-corrected chi connectivity index (χ3v) is 5.50. The summed E-state index contributed by atoms with van der Waals surface area (Å²) in [6, 6.07) is 14.1. The molecule has 0 aromatic heterocycles. The van der Waals surface area contributed by atoms with Crippen LogP contribution in [0.5, 0.6) is 11.5 Å². The second-order valence-electron chi connectivity index (χ2n) is 8.94. The van der Waals surface area contributed by atoms with Crippen molar-refractivity contribution in [3.8, 4) is 11.5 Å². The number of benzene rings is 2. The molecule has 3 amide bonds. The van der Waals surface area contributed by atoms with Gasteiger partial charge >= 0.3 is 6.03 Å². The largest absolute Gasteiger partial charge is 0.497 e. The van der Waals surface area contributed by atoms with Gasteiger partial charge in [0.2, 0.25) is 0 Å². The van der Waals surface area contributed by atoms with Crippen molar-refractivity contribution in [3.05, 3.63) is 59.7 Å². The maximum absolute atomic E-state index is 13.0. The first-order valence-electron chi connectivity index (χ1n) is 10.2. The number of imide groups is 1. The Kier molecular flexibility index (Phi) is 6.27. The van der Waals surface area contributed by atoms with Crippen LogP contribution in [0.1, 0.15) is 38.8 Å². The summed E-state index contributed by atoms with van der Waals surface area (Å²) in [7, 11) is 1.56. The van der Waals surface area contributed by atoms with E-state index in [2.05, 4.69) is 26.1 Å². The van der Waals surface area contributed by atoms with Crippen molar-refractivity contribution < 1.29 is 24.2 Å². The number of amides is 3. The standard InChI is InChI=1S/C24H30N2O5/c1-23(2,3)16-6-12-20(13-7-16)31-15-18(27)14-26-21(28)24(4,25-22(26)29)17-8-10-19(30-5)11-9-17/h6-13,18,27H,14-15H2,1-5H3,(H,25,29). The van der Waals surface area contributed by atoms with Gasteiger partial charge in [0, 0.05) is 0 Å². The number of methoxy groups -OCH3 is 1. The average Bonchev–Trinajstić information content (AvgIpc) is 2.96. The molecule has 2 aromatic rings. The van der Waals surface area contributed by atoms with Crippen LogP contribution in [-0.4, -0.2) is 48.3 Å². The minimum absolute atomic E-state index is 0.0365. The van der Waals surface area contributed by atoms with Crippen molar-refractivity contribution in [2.24, 2.45) is 0 Å². The number of ether oxygens (including phenoxy) is 2. The fourth-order valence-electron chi connectivity index (χ4n) is 3.49. The number of nitrogens with one attached hydrogen (secondary N) is 1. The molecule has 1 heterocycles. The lowest BCUT2D eigenvalue weighted by Gasteiger charge is -2.23. The third kappa shape index (κ3) is 4.82. The van der Waals surface area contributed by atoms with E-state index < -0.39 is 23.6 Å². The molecular formula is C24H30N2O5. The highest BCUT2D eigenvalue weighted by Gasteiger charge is 2.49. The molecule has 166 valence electrons. The van der Waals surface area contributed by atoms with Crippen molar-refractivity contribution in [2.75, 3.05) is 20.3 Å². The maximum Gasteiger partial charge on any atom is 0.325 e. The molecule has 1 fully saturated rings. The number of hydrogen-bond acceptors (Lipinski definition) is 5. The Morgan fingerprint density at radius 2 is 1.61 bits per heavy atom. The monoisotopic (exact) mass is 426 g/mol. The number of nitrogens with zero attached hydrogens (tertiary/aromatic N) is 1. The van der Waals surface area contributed by atoms with Crippen LogP contribution in [0.25, 0.3) is 0 Å². The SMILES string of the molecule is COc1ccc(C2(C)NC(=O)N(CC(O)COc3ccc(C(C)(C)C)cc3)C2=O)cc1. The van der Waals surface area contributed by atoms with Gasteiger partial charge in [0.05, 0.1) is 13.7 Å². The molecule has 3 rings (SSSR count). The van der Waals surface area contributed by atoms with Crippen LogP contribution >= 0.6 is 0 Å². The Bertz CT molecular complexity index is 934. The van der Waals surface area contributed by atoms with Gasteiger partial charge in [-0.1, -0.05) is 45.0 Å². The van der Waals surface area contributed by atoms with E-state index in [0.29, 0.717) is 17.1 Å². The van der Waals surface area contributed by atoms with Gasteiger partial charge in [-0.25, -0.2) is 4.79 Å². The van der Waals surface area contributed by atoms with Gasteiger partial charge in [0.15, 0.2) is 0 Å². The molecule has 2 aromatic carbocycles. The molecule has 1 aliphatic rings. The van der Waals surface area contributed by atoms with E-state index in [1.165, 1.54) is 5.56 Å². The second kappa shape index (κ2) is 8.59. The molecule has 7 heteroatoms. The molecule has 2 unspecified atom stereocenters. The summed E-state index contributed by atoms with van der Waals surface area (Å²) in [4.78, 5) is 26.5. The Morgan fingerprint density at radius 3 is 2.16 bits per heavy atom. The van der Waals surface area contributed by atoms with Crippen molar-refractivity contribution in [1.82, 2.24) is 10.2 Å². The fourth-order valence-corrected chi connectivity index (χ4v) is 3.49. The molecule has 31 heavy (non-hydrogen) atoms. The normalized spacial score (nSPS) is 19.9. The maximum atomic E-state index is 13.0. The van der Waals surface area contributed by atoms with E-state index in [-0.39, 0.29) is 18.6 Å². The molecule has 2 atom stereocenters. The zero-order chi connectivity index (χ0) is 22.8. The molecule has 2 N–H and O–H groups in total. The van der Waals surface area contributed by atoms with E-state index >= 15 is 0 Å². The van der Waals surface area contributed by atoms with E-state index in [1.807, 2.05) is 24.3 Å². The van der Waals surface area contributed by atoms with Crippen LogP contribution in [-0.2, 0) is 15.7 Å². The summed E-state index contributed by atoms with van der Waals surface area (Å²) in [6.07, 6.45) is -1.02. The van der Waals surface area contributed by atoms with E-state index in [0.717, 1.165) is 4.90 Å². The van der Waals surface area contributed by atoms with Gasteiger partial charge in [-0.2, -0.15) is 0 Å². The van der Waals surface area contributed by atoms with E-state index in [4.69, 9.17) is 9.47 Å². The number of aliphatic hydroxyl groups is 1. The number of carbonyl (C=O) groups excluding carboxylic acids is 2. The van der Waals surface area contributed by atoms with Crippen LogP contribution in [0.2, 0.25) is 0 Å². The first kappa shape index (κ1) is 22.6. The van der Waals surface area contributed by atoms with Gasteiger partial charge in [-0.3, -0.25) is 9.69 Å². The summed E-state index contributed by atoms with van der Waals surface area (Å²) < 4.78 is 10.8. The Hall–Kier alpha value is -3.06. The molecule has 7 nitrogen and oxygen atoms in total. The lowest BCUT2D eigenvalue weighted by molar-refractivity contribution is -0.132. The number of carbonyl (C=O) groups is 2. The van der Waals surface area contributed by atoms with Crippen LogP contribution < -0.4 is 14.8 Å². The molecular weight excluding hydrogens is 396 g/mol. The highest BCUT2D eigenvalue weighted by atomic mass is 16.5. The minimum Gasteiger partial charge on any atom is -0.497 e. The lowest BCUT2D eigenvalue weighted by atomic mass is 9.87. The summed E-state index contributed by atoms with van der Waals surface area (Å²) in [5, 5.41) is 13.1. The van der Waals surface area contributed by atoms with E-state index in [1.54, 1.807) is 38.3 Å². The van der Waals surface area contributed by atoms with Crippen molar-refractivity contribution in [3.63, 3.8) is 0 Å². The number of aliphatic hydroxyl groups excluding tert-OH is 1. The highest BCUT2D eigenvalue weighted by Crippen LogP contribution is 2.30. The predicted molar refractivity (Wildman–Crippen MR) is 117 cm³/mol. The topological polar surface area (TPSA) is 88.1 Å². The number of rotatable bonds is 7. The van der Waals surface area contributed by atoms with Crippen molar-refractivity contribution in [1.29, 1.82) is 0 Å². The Morgan fingerprint density at radius 1 is 1.03 bits per heavy atom. The van der Waals surface area contributed by atoms with Gasteiger partial charge in [-0.05, 0) is 47.7 Å². The van der Waals surface area contributed by atoms with Crippen molar-refractivity contribution in [2.45, 2.75) is 44.8 Å². The zero-order valence-electron chi connectivity index (χ0n) is 18.6. The summed E-state index contributed by atoms with van der Waals surface area (Å²) >= 11 is 0. The predicted octanol–water partition coefficient (Wildman–Crippen LogP) is 3.20. The first-order valence-corrected chi connectivity index (χ1v) is 10.2. The summed E-state index contributed by atoms with van der Waals surface area (Å²) in [5.74, 6) is 0.854. The van der Waals surface area contributed by atoms with Crippen LogP contribution in [0.3, 0.4) is 0 Å². The fraction of sp³-hybridized carbons (Fsp3) is 0.417. The Balaban J connectivity index is 1.61. The van der Waals surface area contributed by atoms with Gasteiger partial charge in [0.25, 0.3) is 5.91 Å². The first-order chi connectivity index (χ1) is 14.5. The quantitative estimate of drug-likeness (QED) is 0.664. The molecule has 0 spiro atoms. The van der Waals surface area contributed by atoms with Crippen LogP contribution in [0, 0.1) is 0 Å². The van der Waals surface area contributed by atoms with Crippen LogP contribution in [0.15, 0.2) is 48.5 Å². The zero-order valence-corrected chi connectivity index (χ0v) is 18.6. The number of urea groups is 1. The lowest BCUT2D eigenvalue weighted by Crippen LogP contribution is -2.42. The summed E-state index contributed by atoms with van der Waals surface area (Å²) in [5.41, 5.74) is 0.654. The molecule has 0 radical (unpaired) electrons. The molecule has 1 saturated heterocycles. The number of hydrogen-bond donors (Lipinski definition) is 2. The molecule has 0 saturated carbocycles. The molecule has 0 bridgehead atoms. The second-order valence-corrected chi connectivity index (χ2v) is 8.94. The van der Waals surface area contributed by atoms with Gasteiger partial charge in [-0.15, -0.1) is 0 Å². The highest BCUT2D eigenvalue weighted by molar-refractivity contribution is 6.07. The van der Waals surface area contributed by atoms with Crippen molar-refractivity contribution >= 4 is 11.9 Å². The number of β-amino-alcohol motifs (C(OH)–C–C–N with tert-alkyl or cyclic N) is 1. The van der Waals surface area contributed by atoms with E-state index in [9.17, 15) is 14.7 Å². The average molecular weight is 427 g/mol. The Labute approximate surface area is 183 Å². The van der Waals surface area contributed by atoms with Gasteiger partial charge < -0.3 is 19.9 Å². The molecule has 1 aliphatic heterocycles. The van der Waals surface area contributed by atoms with Crippen LogP contribution in [0.4, 0.5) is 4.79 Å². The third-order valence-electron chi connectivity index (χ3n) is 5.50. The van der Waals surface area contributed by atoms with Gasteiger partial charge in [0.1, 0.15) is 29.7 Å². The smallest absolute Gasteiger partial charge is 0.325 e.